The molecule has 0 bridgehead atoms. The Bertz CT molecular complexity index is 727. The molecule has 19 heavy (non-hydrogen) atoms. The molecule has 0 amide bonds. The lowest BCUT2D eigenvalue weighted by Gasteiger charge is -1.89. The lowest BCUT2D eigenvalue weighted by Crippen LogP contribution is -1.78. The first-order chi connectivity index (χ1) is 9.38. The molecular formula is C12H8N6S. The van der Waals surface area contributed by atoms with Crippen LogP contribution in [0.25, 0.3) is 22.3 Å². The monoisotopic (exact) mass is 268 g/mol. The van der Waals surface area contributed by atoms with Crippen molar-refractivity contribution in [2.24, 2.45) is 0 Å². The fourth-order valence-electron chi connectivity index (χ4n) is 1.83. The summed E-state index contributed by atoms with van der Waals surface area (Å²) in [6.07, 6.45) is 3.45. The molecule has 0 unspecified atom stereocenters. The summed E-state index contributed by atoms with van der Waals surface area (Å²) in [5.41, 5.74) is 3.25. The maximum absolute atomic E-state index is 4.39. The van der Waals surface area contributed by atoms with Crippen LogP contribution >= 0.6 is 11.8 Å². The third-order valence-corrected chi connectivity index (χ3v) is 3.44. The Hall–Kier alpha value is -2.41. The second kappa shape index (κ2) is 4.06. The van der Waals surface area contributed by atoms with Gasteiger partial charge in [-0.05, 0) is 36.0 Å². The highest BCUT2D eigenvalue weighted by Gasteiger charge is 2.09. The van der Waals surface area contributed by atoms with Crippen LogP contribution in [-0.2, 0) is 0 Å². The number of nitrogens with zero attached hydrogens (tertiary/aromatic N) is 4. The molecule has 4 heterocycles. The van der Waals surface area contributed by atoms with E-state index in [4.69, 9.17) is 0 Å². The van der Waals surface area contributed by atoms with Crippen LogP contribution in [0, 0.1) is 0 Å². The molecule has 92 valence electrons. The van der Waals surface area contributed by atoms with Gasteiger partial charge in [0.05, 0.1) is 11.0 Å². The number of hydrogen-bond acceptors (Lipinski definition) is 5. The lowest BCUT2D eigenvalue weighted by atomic mass is 10.4. The molecule has 7 heteroatoms. The summed E-state index contributed by atoms with van der Waals surface area (Å²) in [6.45, 7) is 0. The minimum absolute atomic E-state index is 0.708. The van der Waals surface area contributed by atoms with E-state index in [1.807, 2.05) is 24.3 Å². The van der Waals surface area contributed by atoms with Gasteiger partial charge in [0.25, 0.3) is 0 Å². The minimum atomic E-state index is 0.708. The van der Waals surface area contributed by atoms with Crippen LogP contribution < -0.4 is 0 Å². The smallest absolute Gasteiger partial charge is 0.178 e. The van der Waals surface area contributed by atoms with Crippen LogP contribution in [0.4, 0.5) is 0 Å². The first-order valence-corrected chi connectivity index (χ1v) is 6.49. The van der Waals surface area contributed by atoms with Gasteiger partial charge in [-0.1, -0.05) is 0 Å². The van der Waals surface area contributed by atoms with Gasteiger partial charge in [-0.3, -0.25) is 0 Å². The van der Waals surface area contributed by atoms with Crippen LogP contribution in [0.5, 0.6) is 0 Å². The molecular weight excluding hydrogens is 260 g/mol. The number of rotatable bonds is 2. The third-order valence-electron chi connectivity index (χ3n) is 2.66. The Morgan fingerprint density at radius 1 is 0.789 bits per heavy atom. The standard InChI is InChI=1S/C12H8N6S/c1-3-7-9(13-5-1)17-11(15-7)19-12-16-8-4-2-6-14-10(8)18-12/h1-6H,(H,13,15,17)(H,14,16,18). The van der Waals surface area contributed by atoms with Crippen molar-refractivity contribution < 1.29 is 0 Å². The Morgan fingerprint density at radius 3 is 1.79 bits per heavy atom. The third kappa shape index (κ3) is 1.84. The number of pyridine rings is 2. The molecule has 0 spiro atoms. The van der Waals surface area contributed by atoms with Gasteiger partial charge >= 0.3 is 0 Å². The summed E-state index contributed by atoms with van der Waals surface area (Å²) in [5.74, 6) is 0. The zero-order chi connectivity index (χ0) is 12.7. The summed E-state index contributed by atoms with van der Waals surface area (Å²) >= 11 is 1.43. The fourth-order valence-corrected chi connectivity index (χ4v) is 2.60. The molecule has 0 radical (unpaired) electrons. The van der Waals surface area contributed by atoms with Gasteiger partial charge in [-0.2, -0.15) is 0 Å². The highest BCUT2D eigenvalue weighted by atomic mass is 32.2. The van der Waals surface area contributed by atoms with Gasteiger partial charge in [0.1, 0.15) is 0 Å². The number of nitrogens with one attached hydrogen (secondary N) is 2. The summed E-state index contributed by atoms with van der Waals surface area (Å²) < 4.78 is 0. The van der Waals surface area contributed by atoms with E-state index in [0.29, 0.717) is 11.3 Å². The van der Waals surface area contributed by atoms with Gasteiger partial charge in [-0.15, -0.1) is 0 Å². The molecule has 0 aliphatic carbocycles. The predicted molar refractivity (Wildman–Crippen MR) is 71.9 cm³/mol. The van der Waals surface area contributed by atoms with Gasteiger partial charge in [0.15, 0.2) is 21.6 Å². The Balaban J connectivity index is 1.73. The molecule has 0 aromatic carbocycles. The predicted octanol–water partition coefficient (Wildman–Crippen LogP) is 2.38. The quantitative estimate of drug-likeness (QED) is 0.583. The van der Waals surface area contributed by atoms with E-state index in [2.05, 4.69) is 29.9 Å². The number of imidazole rings is 2. The van der Waals surface area contributed by atoms with Crippen LogP contribution in [-0.4, -0.2) is 29.9 Å². The van der Waals surface area contributed by atoms with Crippen molar-refractivity contribution >= 4 is 34.1 Å². The molecule has 0 saturated carbocycles. The molecule has 4 aromatic rings. The zero-order valence-electron chi connectivity index (χ0n) is 9.66. The van der Waals surface area contributed by atoms with Crippen LogP contribution in [0.3, 0.4) is 0 Å². The van der Waals surface area contributed by atoms with Crippen molar-refractivity contribution in [2.45, 2.75) is 10.3 Å². The molecule has 0 saturated heterocycles. The van der Waals surface area contributed by atoms with E-state index in [0.717, 1.165) is 21.3 Å². The lowest BCUT2D eigenvalue weighted by molar-refractivity contribution is 1.03. The number of aromatic amines is 2. The Kier molecular flexibility index (Phi) is 2.25. The first kappa shape index (κ1) is 10.5. The zero-order valence-corrected chi connectivity index (χ0v) is 10.5. The molecule has 2 N–H and O–H groups in total. The van der Waals surface area contributed by atoms with E-state index >= 15 is 0 Å². The van der Waals surface area contributed by atoms with Gasteiger partial charge < -0.3 is 9.97 Å². The van der Waals surface area contributed by atoms with Gasteiger partial charge in [0, 0.05) is 12.4 Å². The van der Waals surface area contributed by atoms with Crippen molar-refractivity contribution in [3.63, 3.8) is 0 Å². The topological polar surface area (TPSA) is 83.1 Å². The van der Waals surface area contributed by atoms with E-state index < -0.39 is 0 Å². The average Bonchev–Trinajstić information content (AvgIpc) is 3.00. The van der Waals surface area contributed by atoms with Crippen LogP contribution in [0.1, 0.15) is 0 Å². The molecule has 4 rings (SSSR count). The molecule has 0 aliphatic heterocycles. The van der Waals surface area contributed by atoms with Gasteiger partial charge in [-0.25, -0.2) is 19.9 Å². The Labute approximate surface area is 111 Å². The summed E-state index contributed by atoms with van der Waals surface area (Å²) in [5, 5.41) is 1.51. The maximum atomic E-state index is 4.39. The van der Waals surface area contributed by atoms with Crippen molar-refractivity contribution in [2.75, 3.05) is 0 Å². The molecule has 0 aliphatic rings. The van der Waals surface area contributed by atoms with Gasteiger partial charge in [0.2, 0.25) is 0 Å². The van der Waals surface area contributed by atoms with Crippen molar-refractivity contribution in [3.05, 3.63) is 36.7 Å². The van der Waals surface area contributed by atoms with Crippen molar-refractivity contribution in [1.82, 2.24) is 29.9 Å². The highest BCUT2D eigenvalue weighted by molar-refractivity contribution is 7.99. The summed E-state index contributed by atoms with van der Waals surface area (Å²) in [6, 6.07) is 7.64. The SMILES string of the molecule is c1cnc2nc(Sc3nc4ncccc4[nH]3)[nH]c2c1. The molecule has 6 nitrogen and oxygen atoms in total. The van der Waals surface area contributed by atoms with E-state index in [1.54, 1.807) is 12.4 Å². The molecule has 0 atom stereocenters. The van der Waals surface area contributed by atoms with Crippen LogP contribution in [0.2, 0.25) is 0 Å². The number of fused-ring (bicyclic) bond motifs is 2. The summed E-state index contributed by atoms with van der Waals surface area (Å²) in [7, 11) is 0. The maximum Gasteiger partial charge on any atom is 0.178 e. The largest absolute Gasteiger partial charge is 0.331 e. The second-order valence-corrected chi connectivity index (χ2v) is 4.91. The van der Waals surface area contributed by atoms with Crippen LogP contribution in [0.15, 0.2) is 47.0 Å². The van der Waals surface area contributed by atoms with E-state index in [1.165, 1.54) is 11.8 Å². The van der Waals surface area contributed by atoms with E-state index in [9.17, 15) is 0 Å². The molecule has 0 fully saturated rings. The van der Waals surface area contributed by atoms with Crippen molar-refractivity contribution in [1.29, 1.82) is 0 Å². The average molecular weight is 268 g/mol. The number of H-pyrrole nitrogens is 2. The van der Waals surface area contributed by atoms with Crippen molar-refractivity contribution in [3.8, 4) is 0 Å². The second-order valence-electron chi connectivity index (χ2n) is 3.94. The minimum Gasteiger partial charge on any atom is -0.331 e. The van der Waals surface area contributed by atoms with E-state index in [-0.39, 0.29) is 0 Å². The fraction of sp³-hybridized carbons (Fsp3) is 0. The first-order valence-electron chi connectivity index (χ1n) is 5.68. The highest BCUT2D eigenvalue weighted by Crippen LogP contribution is 2.25. The number of hydrogen-bond donors (Lipinski definition) is 2. The Morgan fingerprint density at radius 2 is 1.32 bits per heavy atom. The molecule has 4 aromatic heterocycles. The summed E-state index contributed by atoms with van der Waals surface area (Å²) in [4.78, 5) is 23.6. The normalized spacial score (nSPS) is 11.4. The number of aromatic nitrogens is 6.